The van der Waals surface area contributed by atoms with Crippen LogP contribution in [0.1, 0.15) is 26.3 Å². The maximum absolute atomic E-state index is 13.4. The summed E-state index contributed by atoms with van der Waals surface area (Å²) < 4.78 is 13.4. The first kappa shape index (κ1) is 30.0. The summed E-state index contributed by atoms with van der Waals surface area (Å²) in [7, 11) is 0. The summed E-state index contributed by atoms with van der Waals surface area (Å²) in [6, 6.07) is 24.6. The molecule has 0 radical (unpaired) electrons. The molecule has 4 rings (SSSR count). The van der Waals surface area contributed by atoms with Crippen molar-refractivity contribution in [1.29, 1.82) is 0 Å². The van der Waals surface area contributed by atoms with Crippen LogP contribution in [0.4, 0.5) is 15.8 Å². The topological polar surface area (TPSA) is 125 Å². The van der Waals surface area contributed by atoms with Crippen LogP contribution in [0.25, 0.3) is 6.08 Å². The Kier molecular flexibility index (Phi) is 10.1. The molecule has 0 saturated carbocycles. The Labute approximate surface area is 249 Å². The van der Waals surface area contributed by atoms with Crippen molar-refractivity contribution in [2.24, 2.45) is 0 Å². The van der Waals surface area contributed by atoms with Crippen LogP contribution in [0, 0.1) is 5.82 Å². The first-order valence-electron chi connectivity index (χ1n) is 12.4. The lowest BCUT2D eigenvalue weighted by atomic mass is 10.1. The number of thioether (sulfide) groups is 1. The van der Waals surface area contributed by atoms with E-state index in [0.29, 0.717) is 21.7 Å². The normalized spacial score (nSPS) is 11.0. The molecule has 11 heteroatoms. The number of nitrogens with one attached hydrogen (secondary N) is 3. The Hall–Kier alpha value is -4.93. The molecular weight excluding hydrogens is 581 g/mol. The van der Waals surface area contributed by atoms with Crippen molar-refractivity contribution in [2.45, 2.75) is 4.90 Å². The highest BCUT2D eigenvalue weighted by molar-refractivity contribution is 8.00. The zero-order valence-corrected chi connectivity index (χ0v) is 23.3. The van der Waals surface area contributed by atoms with Crippen molar-refractivity contribution in [1.82, 2.24) is 5.32 Å². The second-order valence-corrected chi connectivity index (χ2v) is 10.2. The largest absolute Gasteiger partial charge is 0.478 e. The molecule has 3 amide bonds. The molecule has 0 fully saturated rings. The number of carbonyl (C=O) groups excluding carboxylic acids is 3. The quantitative estimate of drug-likeness (QED) is 0.124. The molecule has 0 aliphatic carbocycles. The molecule has 0 atom stereocenters. The number of halogens is 2. The minimum absolute atomic E-state index is 0.0152. The molecule has 0 spiro atoms. The second-order valence-electron chi connectivity index (χ2n) is 8.75. The number of aromatic carboxylic acids is 1. The zero-order valence-electron chi connectivity index (χ0n) is 21.8. The number of carboxylic acids is 1. The number of hydrogen-bond donors (Lipinski definition) is 4. The van der Waals surface area contributed by atoms with E-state index in [-0.39, 0.29) is 27.7 Å². The maximum atomic E-state index is 13.4. The lowest BCUT2D eigenvalue weighted by molar-refractivity contribution is -0.114. The lowest BCUT2D eigenvalue weighted by Gasteiger charge is -2.12. The third kappa shape index (κ3) is 8.53. The van der Waals surface area contributed by atoms with E-state index >= 15 is 0 Å². The minimum atomic E-state index is -1.15. The van der Waals surface area contributed by atoms with E-state index in [2.05, 4.69) is 16.0 Å². The fourth-order valence-electron chi connectivity index (χ4n) is 3.62. The highest BCUT2D eigenvalue weighted by Gasteiger charge is 2.16. The number of rotatable bonds is 10. The van der Waals surface area contributed by atoms with Crippen LogP contribution < -0.4 is 16.0 Å². The number of amides is 3. The molecule has 0 aliphatic rings. The number of hydrogen-bond acceptors (Lipinski definition) is 5. The van der Waals surface area contributed by atoms with Crippen molar-refractivity contribution >= 4 is 64.5 Å². The SMILES string of the molecule is O=C(CSc1cccc(NC(=O)/C(=C/c2ccc(F)cc2)NC(=O)c2ccccc2)c1)Nc1cc(C(=O)O)ccc1Cl. The standard InChI is InChI=1S/C31H23ClFN3O5S/c32-25-14-11-21(31(40)41)16-26(25)35-28(37)18-42-24-8-4-7-23(17-24)34-30(39)27(15-19-9-12-22(33)13-10-19)36-29(38)20-5-2-1-3-6-20/h1-17H,18H2,(H,34,39)(H,35,37)(H,36,38)(H,40,41)/b27-15-. The predicted octanol–water partition coefficient (Wildman–Crippen LogP) is 6.32. The summed E-state index contributed by atoms with van der Waals surface area (Å²) in [4.78, 5) is 50.4. The van der Waals surface area contributed by atoms with Gasteiger partial charge in [0.2, 0.25) is 5.91 Å². The van der Waals surface area contributed by atoms with E-state index < -0.39 is 29.5 Å². The van der Waals surface area contributed by atoms with Gasteiger partial charge in [-0.25, -0.2) is 9.18 Å². The molecule has 42 heavy (non-hydrogen) atoms. The molecule has 0 aromatic heterocycles. The molecule has 0 unspecified atom stereocenters. The summed E-state index contributed by atoms with van der Waals surface area (Å²) in [5, 5.41) is 17.3. The number of benzene rings is 4. The monoisotopic (exact) mass is 603 g/mol. The van der Waals surface area contributed by atoms with Gasteiger partial charge in [-0.15, -0.1) is 11.8 Å². The van der Waals surface area contributed by atoms with Crippen molar-refractivity contribution in [3.63, 3.8) is 0 Å². The fourth-order valence-corrected chi connectivity index (χ4v) is 4.54. The summed E-state index contributed by atoms with van der Waals surface area (Å²) in [6.07, 6.45) is 1.43. The summed E-state index contributed by atoms with van der Waals surface area (Å²) >= 11 is 7.26. The number of anilines is 2. The van der Waals surface area contributed by atoms with E-state index in [1.807, 2.05) is 0 Å². The molecule has 0 aliphatic heterocycles. The number of carbonyl (C=O) groups is 4. The molecule has 4 aromatic rings. The van der Waals surface area contributed by atoms with Gasteiger partial charge >= 0.3 is 5.97 Å². The molecule has 0 bridgehead atoms. The Morgan fingerprint density at radius 2 is 1.57 bits per heavy atom. The van der Waals surface area contributed by atoms with Gasteiger partial charge in [-0.3, -0.25) is 14.4 Å². The first-order valence-corrected chi connectivity index (χ1v) is 13.7. The molecule has 4 N–H and O–H groups in total. The Bertz CT molecular complexity index is 1660. The second kappa shape index (κ2) is 14.1. The minimum Gasteiger partial charge on any atom is -0.478 e. The van der Waals surface area contributed by atoms with E-state index in [4.69, 9.17) is 16.7 Å². The van der Waals surface area contributed by atoms with Crippen LogP contribution in [-0.4, -0.2) is 34.6 Å². The molecule has 8 nitrogen and oxygen atoms in total. The van der Waals surface area contributed by atoms with Crippen molar-refractivity contribution in [2.75, 3.05) is 16.4 Å². The predicted molar refractivity (Wildman–Crippen MR) is 161 cm³/mol. The van der Waals surface area contributed by atoms with Gasteiger partial charge in [0, 0.05) is 16.1 Å². The van der Waals surface area contributed by atoms with E-state index in [9.17, 15) is 23.6 Å². The summed E-state index contributed by atoms with van der Waals surface area (Å²) in [6.45, 7) is 0. The smallest absolute Gasteiger partial charge is 0.335 e. The van der Waals surface area contributed by atoms with E-state index in [1.54, 1.807) is 54.6 Å². The molecule has 0 saturated heterocycles. The van der Waals surface area contributed by atoms with Gasteiger partial charge in [0.25, 0.3) is 11.8 Å². The molecule has 4 aromatic carbocycles. The van der Waals surface area contributed by atoms with Crippen molar-refractivity contribution < 1.29 is 28.7 Å². The first-order chi connectivity index (χ1) is 20.2. The van der Waals surface area contributed by atoms with Gasteiger partial charge in [0.15, 0.2) is 0 Å². The van der Waals surface area contributed by atoms with Gasteiger partial charge in [-0.1, -0.05) is 48.0 Å². The molecular formula is C31H23ClFN3O5S. The van der Waals surface area contributed by atoms with Crippen LogP contribution in [0.15, 0.2) is 108 Å². The van der Waals surface area contributed by atoms with Crippen LogP contribution in [0.2, 0.25) is 5.02 Å². The van der Waals surface area contributed by atoms with Crippen LogP contribution in [-0.2, 0) is 9.59 Å². The highest BCUT2D eigenvalue weighted by atomic mass is 35.5. The van der Waals surface area contributed by atoms with Crippen molar-refractivity contribution in [3.05, 3.63) is 130 Å². The Balaban J connectivity index is 1.44. The zero-order chi connectivity index (χ0) is 30.1. The molecule has 0 heterocycles. The summed E-state index contributed by atoms with van der Waals surface area (Å²) in [5.41, 5.74) is 1.36. The Morgan fingerprint density at radius 3 is 2.29 bits per heavy atom. The average Bonchev–Trinajstić information content (AvgIpc) is 2.98. The number of carboxylic acid groups (broad SMARTS) is 1. The van der Waals surface area contributed by atoms with Gasteiger partial charge in [-0.2, -0.15) is 0 Å². The maximum Gasteiger partial charge on any atom is 0.335 e. The van der Waals surface area contributed by atoms with Crippen LogP contribution in [0.3, 0.4) is 0 Å². The highest BCUT2D eigenvalue weighted by Crippen LogP contribution is 2.25. The third-order valence-corrected chi connectivity index (χ3v) is 6.98. The summed E-state index contributed by atoms with van der Waals surface area (Å²) in [5.74, 6) is -3.13. The molecule has 212 valence electrons. The lowest BCUT2D eigenvalue weighted by Crippen LogP contribution is -2.30. The van der Waals surface area contributed by atoms with Gasteiger partial charge in [0.05, 0.1) is 22.0 Å². The van der Waals surface area contributed by atoms with E-state index in [0.717, 1.165) is 0 Å². The van der Waals surface area contributed by atoms with Crippen molar-refractivity contribution in [3.8, 4) is 0 Å². The fraction of sp³-hybridized carbons (Fsp3) is 0.0323. The third-order valence-electron chi connectivity index (χ3n) is 5.66. The van der Waals surface area contributed by atoms with Gasteiger partial charge in [0.1, 0.15) is 11.5 Å². The van der Waals surface area contributed by atoms with Gasteiger partial charge < -0.3 is 21.1 Å². The average molecular weight is 604 g/mol. The Morgan fingerprint density at radius 1 is 0.833 bits per heavy atom. The van der Waals surface area contributed by atoms with E-state index in [1.165, 1.54) is 60.3 Å². The van der Waals surface area contributed by atoms with Crippen LogP contribution >= 0.6 is 23.4 Å². The van der Waals surface area contributed by atoms with Gasteiger partial charge in [-0.05, 0) is 72.3 Å². The van der Waals surface area contributed by atoms with Crippen LogP contribution in [0.5, 0.6) is 0 Å².